The van der Waals surface area contributed by atoms with Gasteiger partial charge in [-0.25, -0.2) is 4.79 Å². The van der Waals surface area contributed by atoms with Gasteiger partial charge >= 0.3 is 0 Å². The molecule has 0 amide bonds. The molecule has 0 aromatic heterocycles. The normalized spacial score (nSPS) is 16.7. The molecule has 2 rings (SSSR count). The van der Waals surface area contributed by atoms with Crippen LogP contribution < -0.4 is 9.47 Å². The molecule has 0 bridgehead atoms. The Balaban J connectivity index is 2.58. The van der Waals surface area contributed by atoms with E-state index in [1.807, 2.05) is 0 Å². The Labute approximate surface area is 111 Å². The zero-order valence-electron chi connectivity index (χ0n) is 11.1. The molecular formula is C14H17NO4. The van der Waals surface area contributed by atoms with Gasteiger partial charge in [0.2, 0.25) is 11.8 Å². The number of phenols is 1. The Hall–Kier alpha value is -2.00. The van der Waals surface area contributed by atoms with E-state index in [1.54, 1.807) is 18.2 Å². The van der Waals surface area contributed by atoms with Gasteiger partial charge in [0.25, 0.3) is 0 Å². The second-order valence-electron chi connectivity index (χ2n) is 4.64. The van der Waals surface area contributed by atoms with E-state index >= 15 is 0 Å². The van der Waals surface area contributed by atoms with Crippen LogP contribution in [0.4, 0.5) is 0 Å². The van der Waals surface area contributed by atoms with Crippen molar-refractivity contribution in [2.24, 2.45) is 4.99 Å². The fraction of sp³-hybridized carbons (Fsp3) is 0.500. The summed E-state index contributed by atoms with van der Waals surface area (Å²) in [7, 11) is 2.97. The molecular weight excluding hydrogens is 246 g/mol. The van der Waals surface area contributed by atoms with Gasteiger partial charge in [0.05, 0.1) is 14.2 Å². The van der Waals surface area contributed by atoms with Gasteiger partial charge in [-0.15, -0.1) is 0 Å². The summed E-state index contributed by atoms with van der Waals surface area (Å²) in [5.74, 6) is 0.710. The standard InChI is InChI=1S/C14H17NO4/c1-18-11-6-5-10(12(17)13(11)19-2)14(15-9-16)7-3-4-8-14/h5-6,17H,3-4,7-8H2,1-2H3. The van der Waals surface area contributed by atoms with Crippen molar-refractivity contribution in [2.45, 2.75) is 31.2 Å². The van der Waals surface area contributed by atoms with Gasteiger partial charge in [0.1, 0.15) is 5.54 Å². The van der Waals surface area contributed by atoms with Crippen LogP contribution in [0, 0.1) is 0 Å². The summed E-state index contributed by atoms with van der Waals surface area (Å²) < 4.78 is 10.3. The van der Waals surface area contributed by atoms with Crippen LogP contribution in [0.3, 0.4) is 0 Å². The maximum Gasteiger partial charge on any atom is 0.235 e. The van der Waals surface area contributed by atoms with Crippen molar-refractivity contribution in [1.82, 2.24) is 0 Å². The third-order valence-corrected chi connectivity index (χ3v) is 3.71. The zero-order chi connectivity index (χ0) is 13.9. The summed E-state index contributed by atoms with van der Waals surface area (Å²) in [4.78, 5) is 14.7. The lowest BCUT2D eigenvalue weighted by Crippen LogP contribution is -2.19. The van der Waals surface area contributed by atoms with Crippen LogP contribution in [-0.2, 0) is 10.3 Å². The monoisotopic (exact) mass is 263 g/mol. The highest BCUT2D eigenvalue weighted by atomic mass is 16.5. The van der Waals surface area contributed by atoms with Gasteiger partial charge in [-0.3, -0.25) is 0 Å². The number of aliphatic imine (C=N–C) groups is 1. The van der Waals surface area contributed by atoms with Crippen LogP contribution >= 0.6 is 0 Å². The van der Waals surface area contributed by atoms with Gasteiger partial charge < -0.3 is 14.6 Å². The van der Waals surface area contributed by atoms with E-state index in [-0.39, 0.29) is 11.5 Å². The minimum atomic E-state index is -0.675. The maximum absolute atomic E-state index is 10.7. The molecule has 1 aliphatic rings. The van der Waals surface area contributed by atoms with Crippen molar-refractivity contribution in [2.75, 3.05) is 14.2 Å². The number of carbonyl (C=O) groups excluding carboxylic acids is 1. The molecule has 5 nitrogen and oxygen atoms in total. The molecule has 102 valence electrons. The number of aromatic hydroxyl groups is 1. The molecule has 1 aromatic carbocycles. The molecule has 5 heteroatoms. The van der Waals surface area contributed by atoms with E-state index in [1.165, 1.54) is 14.2 Å². The highest BCUT2D eigenvalue weighted by Gasteiger charge is 2.39. The van der Waals surface area contributed by atoms with Crippen LogP contribution in [-0.4, -0.2) is 25.4 Å². The number of benzene rings is 1. The molecule has 0 aliphatic heterocycles. The van der Waals surface area contributed by atoms with Crippen molar-refractivity contribution in [3.63, 3.8) is 0 Å². The number of hydrogen-bond donors (Lipinski definition) is 1. The number of ether oxygens (including phenoxy) is 2. The smallest absolute Gasteiger partial charge is 0.235 e. The minimum absolute atomic E-state index is 0.0113. The first kappa shape index (κ1) is 13.4. The average Bonchev–Trinajstić information content (AvgIpc) is 2.88. The number of hydrogen-bond acceptors (Lipinski definition) is 5. The van der Waals surface area contributed by atoms with Crippen molar-refractivity contribution in [3.8, 4) is 17.2 Å². The first-order valence-corrected chi connectivity index (χ1v) is 6.22. The second kappa shape index (κ2) is 5.33. The van der Waals surface area contributed by atoms with Crippen LogP contribution in [0.25, 0.3) is 0 Å². The fourth-order valence-electron chi connectivity index (χ4n) is 2.77. The van der Waals surface area contributed by atoms with Crippen molar-refractivity contribution in [1.29, 1.82) is 0 Å². The summed E-state index contributed by atoms with van der Waals surface area (Å²) in [5, 5.41) is 10.4. The number of methoxy groups -OCH3 is 2. The van der Waals surface area contributed by atoms with Gasteiger partial charge in [-0.1, -0.05) is 12.8 Å². The van der Waals surface area contributed by atoms with Crippen LogP contribution in [0.2, 0.25) is 0 Å². The van der Waals surface area contributed by atoms with Crippen LogP contribution in [0.5, 0.6) is 17.2 Å². The first-order chi connectivity index (χ1) is 9.18. The van der Waals surface area contributed by atoms with Gasteiger partial charge in [-0.2, -0.15) is 4.99 Å². The van der Waals surface area contributed by atoms with Crippen LogP contribution in [0.15, 0.2) is 17.1 Å². The molecule has 1 N–H and O–H groups in total. The SMILES string of the molecule is COc1ccc(C2(N=C=O)CCCC2)c(O)c1OC. The molecule has 0 spiro atoms. The maximum atomic E-state index is 10.7. The van der Waals surface area contributed by atoms with E-state index in [2.05, 4.69) is 4.99 Å². The number of isocyanates is 1. The molecule has 0 radical (unpaired) electrons. The predicted octanol–water partition coefficient (Wildman–Crippen LogP) is 2.51. The highest BCUT2D eigenvalue weighted by Crippen LogP contribution is 2.50. The van der Waals surface area contributed by atoms with E-state index in [0.717, 1.165) is 25.7 Å². The zero-order valence-corrected chi connectivity index (χ0v) is 11.1. The van der Waals surface area contributed by atoms with Crippen molar-refractivity contribution in [3.05, 3.63) is 17.7 Å². The summed E-state index contributed by atoms with van der Waals surface area (Å²) in [5.41, 5.74) is -0.0724. The van der Waals surface area contributed by atoms with E-state index < -0.39 is 5.54 Å². The molecule has 1 saturated carbocycles. The Kier molecular flexibility index (Phi) is 3.76. The molecule has 0 unspecified atom stereocenters. The lowest BCUT2D eigenvalue weighted by Gasteiger charge is -2.25. The van der Waals surface area contributed by atoms with Crippen molar-refractivity contribution < 1.29 is 19.4 Å². The summed E-state index contributed by atoms with van der Waals surface area (Å²) in [6, 6.07) is 3.46. The van der Waals surface area contributed by atoms with E-state index in [9.17, 15) is 9.90 Å². The molecule has 0 atom stereocenters. The van der Waals surface area contributed by atoms with Crippen molar-refractivity contribution >= 4 is 6.08 Å². The Morgan fingerprint density at radius 1 is 1.26 bits per heavy atom. The largest absolute Gasteiger partial charge is 0.504 e. The third-order valence-electron chi connectivity index (χ3n) is 3.71. The van der Waals surface area contributed by atoms with E-state index in [0.29, 0.717) is 11.3 Å². The molecule has 1 aromatic rings. The molecule has 1 fully saturated rings. The quantitative estimate of drug-likeness (QED) is 0.669. The summed E-state index contributed by atoms with van der Waals surface area (Å²) in [6.45, 7) is 0. The van der Waals surface area contributed by atoms with Gasteiger partial charge in [0, 0.05) is 5.56 Å². The highest BCUT2D eigenvalue weighted by molar-refractivity contribution is 5.58. The fourth-order valence-corrected chi connectivity index (χ4v) is 2.77. The molecule has 0 heterocycles. The number of nitrogens with zero attached hydrogens (tertiary/aromatic N) is 1. The lowest BCUT2D eigenvalue weighted by molar-refractivity contribution is 0.324. The second-order valence-corrected chi connectivity index (χ2v) is 4.64. The lowest BCUT2D eigenvalue weighted by atomic mass is 9.88. The topological polar surface area (TPSA) is 68.1 Å². The van der Waals surface area contributed by atoms with E-state index in [4.69, 9.17) is 9.47 Å². The number of rotatable bonds is 4. The van der Waals surface area contributed by atoms with Gasteiger partial charge in [0.15, 0.2) is 11.5 Å². The molecule has 0 saturated heterocycles. The summed E-state index contributed by atoms with van der Waals surface area (Å²) >= 11 is 0. The molecule has 19 heavy (non-hydrogen) atoms. The minimum Gasteiger partial charge on any atom is -0.504 e. The Morgan fingerprint density at radius 2 is 1.95 bits per heavy atom. The van der Waals surface area contributed by atoms with Crippen LogP contribution in [0.1, 0.15) is 31.2 Å². The third kappa shape index (κ3) is 2.17. The first-order valence-electron chi connectivity index (χ1n) is 6.22. The Morgan fingerprint density at radius 3 is 2.47 bits per heavy atom. The Bertz CT molecular complexity index is 514. The number of phenolic OH excluding ortho intramolecular Hbond substituents is 1. The predicted molar refractivity (Wildman–Crippen MR) is 69.5 cm³/mol. The summed E-state index contributed by atoms with van der Waals surface area (Å²) in [6.07, 6.45) is 5.03. The van der Waals surface area contributed by atoms with Gasteiger partial charge in [-0.05, 0) is 25.0 Å². The molecule has 1 aliphatic carbocycles. The average molecular weight is 263 g/mol.